The van der Waals surface area contributed by atoms with Crippen LogP contribution in [0.1, 0.15) is 96.8 Å². The van der Waals surface area contributed by atoms with Gasteiger partial charge in [0.2, 0.25) is 0 Å². The van der Waals surface area contributed by atoms with Gasteiger partial charge in [0.1, 0.15) is 11.9 Å². The van der Waals surface area contributed by atoms with E-state index in [9.17, 15) is 15.0 Å². The first kappa shape index (κ1) is 39.1. The van der Waals surface area contributed by atoms with Crippen LogP contribution in [0.2, 0.25) is 36.3 Å². The molecule has 11 heteroatoms. The van der Waals surface area contributed by atoms with Crippen molar-refractivity contribution in [3.8, 4) is 5.75 Å². The highest BCUT2D eigenvalue weighted by molar-refractivity contribution is 6.74. The number of rotatable bonds is 13. The standard InChI is InChI=1S/C35H62O9Si2/c1-33(2,3)45(8,9)40-19-17-28(41-32(38)25-12-14-27(39-7)15-13-25)21-30-20-26(37)23-35(43-30)24-31(22-29(42-35)16-18-36)44-46(10,11)34(4,5)6/h12-15,26,28-31,36-37H,16-24H2,1-11H3/t26-,28+,29-,30-,31-,35+/m0/s1. The Hall–Kier alpha value is -1.32. The van der Waals surface area contributed by atoms with Gasteiger partial charge in [0.25, 0.3) is 0 Å². The van der Waals surface area contributed by atoms with Gasteiger partial charge in [0, 0.05) is 38.9 Å². The summed E-state index contributed by atoms with van der Waals surface area (Å²) in [5.74, 6) is -0.810. The van der Waals surface area contributed by atoms with Crippen LogP contribution in [0.4, 0.5) is 0 Å². The van der Waals surface area contributed by atoms with E-state index in [1.165, 1.54) is 0 Å². The molecule has 0 aromatic heterocycles. The Morgan fingerprint density at radius 2 is 1.57 bits per heavy atom. The van der Waals surface area contributed by atoms with Crippen LogP contribution in [0.5, 0.6) is 5.75 Å². The minimum absolute atomic E-state index is 0.00282. The number of carbonyl (C=O) groups is 1. The van der Waals surface area contributed by atoms with E-state index >= 15 is 0 Å². The van der Waals surface area contributed by atoms with Crippen LogP contribution in [0, 0.1) is 0 Å². The highest BCUT2D eigenvalue weighted by Gasteiger charge is 2.51. The number of aliphatic hydroxyl groups is 2. The van der Waals surface area contributed by atoms with Crippen LogP contribution in [0.25, 0.3) is 0 Å². The molecule has 0 unspecified atom stereocenters. The molecule has 46 heavy (non-hydrogen) atoms. The van der Waals surface area contributed by atoms with Crippen molar-refractivity contribution >= 4 is 22.6 Å². The fraction of sp³-hybridized carbons (Fsp3) is 0.800. The molecule has 6 atom stereocenters. The number of hydrogen-bond donors (Lipinski definition) is 2. The van der Waals surface area contributed by atoms with E-state index in [1.807, 2.05) is 0 Å². The molecule has 1 aromatic carbocycles. The van der Waals surface area contributed by atoms with Crippen molar-refractivity contribution in [1.29, 1.82) is 0 Å². The predicted molar refractivity (Wildman–Crippen MR) is 185 cm³/mol. The molecule has 1 aromatic rings. The Balaban J connectivity index is 1.81. The Labute approximate surface area is 279 Å². The largest absolute Gasteiger partial charge is 0.497 e. The maximum atomic E-state index is 13.3. The number of methoxy groups -OCH3 is 1. The number of carbonyl (C=O) groups excluding carboxylic acids is 1. The van der Waals surface area contributed by atoms with E-state index in [0.717, 1.165) is 0 Å². The third-order valence-corrected chi connectivity index (χ3v) is 19.5. The number of ether oxygens (including phenoxy) is 4. The van der Waals surface area contributed by atoms with Crippen LogP contribution >= 0.6 is 0 Å². The second-order valence-corrected chi connectivity index (χ2v) is 25.9. The van der Waals surface area contributed by atoms with Crippen LogP contribution in [0.15, 0.2) is 24.3 Å². The molecule has 0 radical (unpaired) electrons. The zero-order valence-electron chi connectivity index (χ0n) is 30.3. The first-order valence-corrected chi connectivity index (χ1v) is 22.8. The smallest absolute Gasteiger partial charge is 0.338 e. The molecule has 2 heterocycles. The molecule has 2 N–H and O–H groups in total. The van der Waals surface area contributed by atoms with Crippen LogP contribution in [-0.2, 0) is 23.1 Å². The second-order valence-electron chi connectivity index (χ2n) is 16.3. The minimum Gasteiger partial charge on any atom is -0.497 e. The van der Waals surface area contributed by atoms with Crippen molar-refractivity contribution < 1.29 is 42.8 Å². The highest BCUT2D eigenvalue weighted by Crippen LogP contribution is 2.45. The lowest BCUT2D eigenvalue weighted by molar-refractivity contribution is -0.340. The minimum atomic E-state index is -2.10. The molecule has 0 bridgehead atoms. The van der Waals surface area contributed by atoms with Gasteiger partial charge >= 0.3 is 5.97 Å². The Morgan fingerprint density at radius 1 is 0.957 bits per heavy atom. The van der Waals surface area contributed by atoms with Gasteiger partial charge in [-0.3, -0.25) is 0 Å². The summed E-state index contributed by atoms with van der Waals surface area (Å²) in [6, 6.07) is 6.86. The van der Waals surface area contributed by atoms with Crippen LogP contribution in [-0.4, -0.2) is 89.4 Å². The molecule has 0 amide bonds. The van der Waals surface area contributed by atoms with Crippen molar-refractivity contribution in [2.75, 3.05) is 20.3 Å². The molecule has 0 aliphatic carbocycles. The van der Waals surface area contributed by atoms with Crippen molar-refractivity contribution in [2.24, 2.45) is 0 Å². The summed E-state index contributed by atoms with van der Waals surface area (Å²) in [6.07, 6.45) is 1.35. The maximum Gasteiger partial charge on any atom is 0.338 e. The lowest BCUT2D eigenvalue weighted by atomic mass is 9.88. The third-order valence-electron chi connectivity index (χ3n) is 10.5. The summed E-state index contributed by atoms with van der Waals surface area (Å²) in [5.41, 5.74) is 0.435. The molecular weight excluding hydrogens is 621 g/mol. The normalized spacial score (nSPS) is 27.0. The zero-order chi connectivity index (χ0) is 34.6. The van der Waals surface area contributed by atoms with Crippen LogP contribution in [0.3, 0.4) is 0 Å². The zero-order valence-corrected chi connectivity index (χ0v) is 32.3. The quantitative estimate of drug-likeness (QED) is 0.165. The lowest BCUT2D eigenvalue weighted by Gasteiger charge is -2.51. The molecule has 0 saturated carbocycles. The van der Waals surface area contributed by atoms with Gasteiger partial charge in [0.15, 0.2) is 22.4 Å². The molecule has 3 rings (SSSR count). The van der Waals surface area contributed by atoms with E-state index in [0.29, 0.717) is 62.9 Å². The summed E-state index contributed by atoms with van der Waals surface area (Å²) >= 11 is 0. The van der Waals surface area contributed by atoms with Crippen molar-refractivity contribution in [3.63, 3.8) is 0 Å². The number of hydrogen-bond acceptors (Lipinski definition) is 9. The van der Waals surface area contributed by atoms with E-state index in [2.05, 4.69) is 67.7 Å². The monoisotopic (exact) mass is 682 g/mol. The summed E-state index contributed by atoms with van der Waals surface area (Å²) in [7, 11) is -2.53. The SMILES string of the molecule is COc1ccc(C(=O)O[C@H](CCO[Si](C)(C)C(C)(C)C)C[C@@H]2C[C@H](O)C[C@]3(C[C@@H](O[Si](C)(C)C(C)(C)C)C[C@H](CCO)O3)O2)cc1. The van der Waals surface area contributed by atoms with Gasteiger partial charge in [-0.2, -0.15) is 0 Å². The molecule has 9 nitrogen and oxygen atoms in total. The van der Waals surface area contributed by atoms with Gasteiger partial charge in [-0.1, -0.05) is 41.5 Å². The summed E-state index contributed by atoms with van der Waals surface area (Å²) in [6.45, 7) is 22.6. The van der Waals surface area contributed by atoms with E-state index in [1.54, 1.807) is 31.4 Å². The molecule has 264 valence electrons. The summed E-state index contributed by atoms with van der Waals surface area (Å²) in [4.78, 5) is 13.3. The topological polar surface area (TPSA) is 113 Å². The highest BCUT2D eigenvalue weighted by atomic mass is 28.4. The average Bonchev–Trinajstić information content (AvgIpc) is 2.90. The van der Waals surface area contributed by atoms with E-state index in [4.69, 9.17) is 27.8 Å². The Kier molecular flexibility index (Phi) is 13.2. The number of esters is 1. The van der Waals surface area contributed by atoms with Crippen molar-refractivity contribution in [3.05, 3.63) is 29.8 Å². The predicted octanol–water partition coefficient (Wildman–Crippen LogP) is 7.21. The number of aliphatic hydroxyl groups excluding tert-OH is 2. The van der Waals surface area contributed by atoms with Gasteiger partial charge in [-0.25, -0.2) is 4.79 Å². The third kappa shape index (κ3) is 10.6. The molecule has 2 saturated heterocycles. The van der Waals surface area contributed by atoms with Gasteiger partial charge < -0.3 is 38.0 Å². The molecule has 2 fully saturated rings. The molecular formula is C35H62O9Si2. The second kappa shape index (κ2) is 15.5. The van der Waals surface area contributed by atoms with E-state index in [-0.39, 0.29) is 28.9 Å². The van der Waals surface area contributed by atoms with Gasteiger partial charge in [-0.05, 0) is 79.8 Å². The van der Waals surface area contributed by atoms with Gasteiger partial charge in [-0.15, -0.1) is 0 Å². The average molecular weight is 683 g/mol. The molecule has 1 spiro atoms. The summed E-state index contributed by atoms with van der Waals surface area (Å²) in [5, 5.41) is 21.1. The van der Waals surface area contributed by atoms with Gasteiger partial charge in [0.05, 0.1) is 37.1 Å². The Morgan fingerprint density at radius 3 is 2.13 bits per heavy atom. The fourth-order valence-electron chi connectivity index (χ4n) is 5.75. The maximum absolute atomic E-state index is 13.3. The first-order chi connectivity index (χ1) is 21.2. The van der Waals surface area contributed by atoms with E-state index < -0.39 is 46.7 Å². The van der Waals surface area contributed by atoms with Crippen molar-refractivity contribution in [2.45, 2.75) is 159 Å². The number of benzene rings is 1. The Bertz CT molecular complexity index is 1110. The molecule has 2 aliphatic heterocycles. The fourth-order valence-corrected chi connectivity index (χ4v) is 8.18. The van der Waals surface area contributed by atoms with Crippen LogP contribution < -0.4 is 4.74 Å². The first-order valence-electron chi connectivity index (χ1n) is 17.0. The summed E-state index contributed by atoms with van der Waals surface area (Å²) < 4.78 is 38.0. The lowest BCUT2D eigenvalue weighted by Crippen LogP contribution is -2.57. The molecule has 2 aliphatic rings. The van der Waals surface area contributed by atoms with Crippen molar-refractivity contribution in [1.82, 2.24) is 0 Å².